The predicted octanol–water partition coefficient (Wildman–Crippen LogP) is 7.05. The van der Waals surface area contributed by atoms with Crippen molar-refractivity contribution in [2.75, 3.05) is 0 Å². The number of phosphoric acid groups is 1. The van der Waals surface area contributed by atoms with Crippen molar-refractivity contribution < 1.29 is 18.1 Å². The van der Waals surface area contributed by atoms with Gasteiger partial charge in [-0.15, -0.1) is 0 Å². The first-order valence-electron chi connectivity index (χ1n) is 9.68. The van der Waals surface area contributed by atoms with Crippen molar-refractivity contribution in [2.45, 2.75) is 0 Å². The number of rotatable bonds is 7. The highest BCUT2D eigenvalue weighted by Crippen LogP contribution is 2.50. The van der Waals surface area contributed by atoms with Crippen LogP contribution in [0, 0.1) is 0 Å². The molecule has 4 aromatic carbocycles. The number of phosphoric ester groups is 1. The topological polar surface area (TPSA) is 57.1 Å². The molecule has 154 valence electrons. The summed E-state index contributed by atoms with van der Waals surface area (Å²) in [5.74, 6) is 0.838. The second-order valence-electron chi connectivity index (χ2n) is 6.47. The number of para-hydroxylation sites is 3. The fourth-order valence-corrected chi connectivity index (χ4v) is 3.95. The van der Waals surface area contributed by atoms with E-state index in [1.54, 1.807) is 48.5 Å². The first-order valence-corrected chi connectivity index (χ1v) is 11.1. The first kappa shape index (κ1) is 20.5. The third-order valence-corrected chi connectivity index (χ3v) is 5.39. The molecular formula is C25H20NO4P. The van der Waals surface area contributed by atoms with E-state index < -0.39 is 7.82 Å². The zero-order chi connectivity index (χ0) is 21.4. The smallest absolute Gasteiger partial charge is 0.386 e. The van der Waals surface area contributed by atoms with Gasteiger partial charge >= 0.3 is 7.82 Å². The fraction of sp³-hybridized carbons (Fsp3) is 0. The lowest BCUT2D eigenvalue weighted by molar-refractivity contribution is 0.294. The Kier molecular flexibility index (Phi) is 6.46. The Morgan fingerprint density at radius 3 is 1.48 bits per heavy atom. The summed E-state index contributed by atoms with van der Waals surface area (Å²) >= 11 is 0. The van der Waals surface area contributed by atoms with Gasteiger partial charge in [-0.1, -0.05) is 72.8 Å². The van der Waals surface area contributed by atoms with E-state index in [4.69, 9.17) is 13.6 Å². The average Bonchev–Trinajstić information content (AvgIpc) is 2.81. The second kappa shape index (κ2) is 9.79. The van der Waals surface area contributed by atoms with Crippen LogP contribution in [0.3, 0.4) is 0 Å². The Hall–Kier alpha value is -3.82. The largest absolute Gasteiger partial charge is 0.648 e. The number of benzene rings is 4. The minimum Gasteiger partial charge on any atom is -0.386 e. The molecule has 5 nitrogen and oxygen atoms in total. The van der Waals surface area contributed by atoms with E-state index in [0.29, 0.717) is 22.7 Å². The Balaban J connectivity index is 1.73. The Bertz CT molecular complexity index is 1120. The SMILES string of the molecule is O=P(OC(=Nc1ccccc1)c1ccccc1)(Oc1ccccc1)Oc1ccccc1. The monoisotopic (exact) mass is 429 g/mol. The molecule has 0 heterocycles. The first-order chi connectivity index (χ1) is 15.2. The average molecular weight is 429 g/mol. The van der Waals surface area contributed by atoms with Crippen LogP contribution < -0.4 is 9.05 Å². The summed E-state index contributed by atoms with van der Waals surface area (Å²) in [4.78, 5) is 4.56. The maximum atomic E-state index is 13.8. The summed E-state index contributed by atoms with van der Waals surface area (Å²) in [7, 11) is -4.15. The molecule has 0 N–H and O–H groups in total. The molecule has 0 bridgehead atoms. The quantitative estimate of drug-likeness (QED) is 0.179. The minimum atomic E-state index is -4.15. The molecule has 0 aliphatic heterocycles. The number of hydrogen-bond donors (Lipinski definition) is 0. The molecule has 0 fully saturated rings. The zero-order valence-corrected chi connectivity index (χ0v) is 17.5. The van der Waals surface area contributed by atoms with Crippen LogP contribution in [0.25, 0.3) is 0 Å². The molecule has 31 heavy (non-hydrogen) atoms. The van der Waals surface area contributed by atoms with Crippen LogP contribution in [0.4, 0.5) is 5.69 Å². The van der Waals surface area contributed by atoms with Crippen LogP contribution in [0.2, 0.25) is 0 Å². The van der Waals surface area contributed by atoms with Crippen molar-refractivity contribution in [3.8, 4) is 11.5 Å². The van der Waals surface area contributed by atoms with Gasteiger partial charge in [-0.05, 0) is 48.5 Å². The molecule has 4 rings (SSSR count). The normalized spacial score (nSPS) is 11.5. The Labute approximate surface area is 181 Å². The fourth-order valence-electron chi connectivity index (χ4n) is 2.72. The van der Waals surface area contributed by atoms with Gasteiger partial charge in [0.2, 0.25) is 5.90 Å². The van der Waals surface area contributed by atoms with E-state index in [2.05, 4.69) is 4.99 Å². The van der Waals surface area contributed by atoms with E-state index >= 15 is 0 Å². The van der Waals surface area contributed by atoms with Crippen molar-refractivity contribution in [3.63, 3.8) is 0 Å². The van der Waals surface area contributed by atoms with Gasteiger partial charge in [0, 0.05) is 5.56 Å². The molecule has 4 aromatic rings. The van der Waals surface area contributed by atoms with Gasteiger partial charge in [0.15, 0.2) is 0 Å². The summed E-state index contributed by atoms with van der Waals surface area (Å²) in [6.07, 6.45) is 0. The lowest BCUT2D eigenvalue weighted by atomic mass is 10.2. The molecule has 0 unspecified atom stereocenters. The summed E-state index contributed by atoms with van der Waals surface area (Å²) in [5, 5.41) is 0. The summed E-state index contributed by atoms with van der Waals surface area (Å²) in [5.41, 5.74) is 1.28. The van der Waals surface area contributed by atoms with Crippen molar-refractivity contribution in [1.82, 2.24) is 0 Å². The molecule has 0 radical (unpaired) electrons. The molecule has 0 aliphatic rings. The third kappa shape index (κ3) is 5.84. The van der Waals surface area contributed by atoms with Crippen LogP contribution in [-0.4, -0.2) is 5.90 Å². The lowest BCUT2D eigenvalue weighted by Crippen LogP contribution is -2.12. The van der Waals surface area contributed by atoms with Crippen LogP contribution in [-0.2, 0) is 9.09 Å². The van der Waals surface area contributed by atoms with E-state index in [1.807, 2.05) is 72.8 Å². The molecule has 6 heteroatoms. The molecule has 0 spiro atoms. The lowest BCUT2D eigenvalue weighted by Gasteiger charge is -2.20. The van der Waals surface area contributed by atoms with E-state index in [0.717, 1.165) is 0 Å². The Morgan fingerprint density at radius 1 is 0.581 bits per heavy atom. The second-order valence-corrected chi connectivity index (χ2v) is 7.91. The molecule has 0 atom stereocenters. The highest BCUT2D eigenvalue weighted by molar-refractivity contribution is 7.50. The van der Waals surface area contributed by atoms with E-state index in [1.165, 1.54) is 0 Å². The highest BCUT2D eigenvalue weighted by atomic mass is 31.2. The summed E-state index contributed by atoms with van der Waals surface area (Å²) in [6, 6.07) is 36.0. The highest BCUT2D eigenvalue weighted by Gasteiger charge is 2.35. The maximum Gasteiger partial charge on any atom is 0.648 e. The maximum absolute atomic E-state index is 13.8. The van der Waals surface area contributed by atoms with Gasteiger partial charge in [0.05, 0.1) is 5.69 Å². The molecule has 0 saturated heterocycles. The van der Waals surface area contributed by atoms with Crippen molar-refractivity contribution in [3.05, 3.63) is 127 Å². The van der Waals surface area contributed by atoms with Gasteiger partial charge in [-0.25, -0.2) is 4.99 Å². The number of aliphatic imine (C=N–C) groups is 1. The van der Waals surface area contributed by atoms with Gasteiger partial charge < -0.3 is 13.6 Å². The summed E-state index contributed by atoms with van der Waals surface area (Å²) in [6.45, 7) is 0. The van der Waals surface area contributed by atoms with E-state index in [-0.39, 0.29) is 5.90 Å². The van der Waals surface area contributed by atoms with Crippen LogP contribution in [0.5, 0.6) is 11.5 Å². The van der Waals surface area contributed by atoms with Crippen molar-refractivity contribution >= 4 is 19.4 Å². The molecule has 0 saturated carbocycles. The van der Waals surface area contributed by atoms with Gasteiger partial charge in [0.25, 0.3) is 0 Å². The minimum absolute atomic E-state index is 0.127. The number of nitrogens with zero attached hydrogens (tertiary/aromatic N) is 1. The van der Waals surface area contributed by atoms with E-state index in [9.17, 15) is 4.57 Å². The van der Waals surface area contributed by atoms with Gasteiger partial charge in [-0.3, -0.25) is 0 Å². The summed E-state index contributed by atoms with van der Waals surface area (Å²) < 4.78 is 31.1. The van der Waals surface area contributed by atoms with Gasteiger partial charge in [-0.2, -0.15) is 4.57 Å². The third-order valence-electron chi connectivity index (χ3n) is 4.13. The molecule has 0 aliphatic carbocycles. The Morgan fingerprint density at radius 2 is 1.00 bits per heavy atom. The van der Waals surface area contributed by atoms with Crippen LogP contribution in [0.15, 0.2) is 126 Å². The zero-order valence-electron chi connectivity index (χ0n) is 16.6. The molecule has 0 amide bonds. The molecular weight excluding hydrogens is 409 g/mol. The standard InChI is InChI=1S/C25H20NO4P/c27-31(28-23-17-9-3-10-18-23,29-24-19-11-4-12-20-24)30-25(21-13-5-1-6-14-21)26-22-15-7-2-8-16-22/h1-20H. The predicted molar refractivity (Wildman–Crippen MR) is 122 cm³/mol. The van der Waals surface area contributed by atoms with Crippen molar-refractivity contribution in [2.24, 2.45) is 4.99 Å². The van der Waals surface area contributed by atoms with Crippen molar-refractivity contribution in [1.29, 1.82) is 0 Å². The van der Waals surface area contributed by atoms with Crippen LogP contribution in [0.1, 0.15) is 5.56 Å². The number of hydrogen-bond acceptors (Lipinski definition) is 5. The molecule has 0 aromatic heterocycles. The van der Waals surface area contributed by atoms with Gasteiger partial charge in [0.1, 0.15) is 11.5 Å². The van der Waals surface area contributed by atoms with Crippen LogP contribution >= 0.6 is 7.82 Å².